The maximum atomic E-state index is 12.1. The second-order valence-electron chi connectivity index (χ2n) is 4.06. The molecule has 1 atom stereocenters. The largest absolute Gasteiger partial charge is 0.339 e. The second-order valence-corrected chi connectivity index (χ2v) is 5.76. The van der Waals surface area contributed by atoms with Gasteiger partial charge in [-0.25, -0.2) is 0 Å². The number of nitrogens with two attached hydrogens (primary N) is 1. The van der Waals surface area contributed by atoms with Crippen LogP contribution in [0.4, 0.5) is 0 Å². The molecule has 0 unspecified atom stereocenters. The van der Waals surface area contributed by atoms with E-state index < -0.39 is 16.8 Å². The molecule has 1 heterocycles. The molecule has 1 aliphatic rings. The van der Waals surface area contributed by atoms with Crippen molar-refractivity contribution >= 4 is 16.7 Å². The lowest BCUT2D eigenvalue weighted by atomic mass is 10.1. The van der Waals surface area contributed by atoms with E-state index >= 15 is 0 Å². The lowest BCUT2D eigenvalue weighted by molar-refractivity contribution is -0.132. The number of amides is 1. The fourth-order valence-electron chi connectivity index (χ4n) is 1.86. The maximum absolute atomic E-state index is 12.1. The first-order valence-electron chi connectivity index (χ1n) is 5.63. The summed E-state index contributed by atoms with van der Waals surface area (Å²) >= 11 is 0. The van der Waals surface area contributed by atoms with Gasteiger partial charge in [0.25, 0.3) is 0 Å². The Bertz CT molecular complexity index is 412. The van der Waals surface area contributed by atoms with Crippen LogP contribution in [0.5, 0.6) is 0 Å². The van der Waals surface area contributed by atoms with Gasteiger partial charge in [-0.3, -0.25) is 9.00 Å². The van der Waals surface area contributed by atoms with E-state index in [1.165, 1.54) is 0 Å². The van der Waals surface area contributed by atoms with Crippen LogP contribution in [0.3, 0.4) is 0 Å². The van der Waals surface area contributed by atoms with E-state index in [0.29, 0.717) is 24.6 Å². The van der Waals surface area contributed by atoms with Crippen LogP contribution in [-0.4, -0.2) is 39.6 Å². The Hall–Kier alpha value is -1.20. The summed E-state index contributed by atoms with van der Waals surface area (Å²) in [6.45, 7) is 1.10. The highest BCUT2D eigenvalue weighted by Crippen LogP contribution is 2.14. The van der Waals surface area contributed by atoms with Crippen LogP contribution in [-0.2, 0) is 15.6 Å². The third-order valence-corrected chi connectivity index (χ3v) is 4.19. The average Bonchev–Trinajstić information content (AvgIpc) is 2.39. The minimum atomic E-state index is -0.770. The van der Waals surface area contributed by atoms with Gasteiger partial charge in [-0.05, 0) is 5.56 Å². The first kappa shape index (κ1) is 12.3. The highest BCUT2D eigenvalue weighted by molar-refractivity contribution is 7.85. The predicted molar refractivity (Wildman–Crippen MR) is 67.8 cm³/mol. The number of carbonyl (C=O) groups excluding carboxylic acids is 1. The van der Waals surface area contributed by atoms with Gasteiger partial charge in [-0.15, -0.1) is 0 Å². The van der Waals surface area contributed by atoms with Gasteiger partial charge in [-0.2, -0.15) is 0 Å². The lowest BCUT2D eigenvalue weighted by Gasteiger charge is -2.28. The molecular formula is C12H16N2O2S. The Morgan fingerprint density at radius 2 is 1.82 bits per heavy atom. The van der Waals surface area contributed by atoms with Crippen molar-refractivity contribution in [1.29, 1.82) is 0 Å². The van der Waals surface area contributed by atoms with E-state index in [1.807, 2.05) is 30.3 Å². The minimum Gasteiger partial charge on any atom is -0.339 e. The van der Waals surface area contributed by atoms with E-state index in [1.54, 1.807) is 4.90 Å². The van der Waals surface area contributed by atoms with Crippen molar-refractivity contribution in [3.63, 3.8) is 0 Å². The number of carbonyl (C=O) groups is 1. The van der Waals surface area contributed by atoms with E-state index in [4.69, 9.17) is 5.73 Å². The van der Waals surface area contributed by atoms with Gasteiger partial charge < -0.3 is 10.6 Å². The molecule has 1 aromatic rings. The Kier molecular flexibility index (Phi) is 3.91. The maximum Gasteiger partial charge on any atom is 0.244 e. The van der Waals surface area contributed by atoms with E-state index in [9.17, 15) is 9.00 Å². The molecule has 0 aliphatic carbocycles. The van der Waals surface area contributed by atoms with Crippen molar-refractivity contribution in [3.8, 4) is 0 Å². The number of hydrogen-bond acceptors (Lipinski definition) is 3. The highest BCUT2D eigenvalue weighted by atomic mass is 32.2. The fraction of sp³-hybridized carbons (Fsp3) is 0.417. The molecule has 0 aromatic heterocycles. The summed E-state index contributed by atoms with van der Waals surface area (Å²) in [5.41, 5.74) is 6.76. The zero-order valence-electron chi connectivity index (χ0n) is 9.54. The summed E-state index contributed by atoms with van der Waals surface area (Å²) in [5, 5.41) is 0. The molecule has 0 spiro atoms. The van der Waals surface area contributed by atoms with Crippen LogP contribution in [0.1, 0.15) is 11.6 Å². The van der Waals surface area contributed by atoms with Gasteiger partial charge >= 0.3 is 0 Å². The molecule has 0 bridgehead atoms. The van der Waals surface area contributed by atoms with Crippen LogP contribution in [0.15, 0.2) is 30.3 Å². The Balaban J connectivity index is 2.03. The van der Waals surface area contributed by atoms with Crippen molar-refractivity contribution < 1.29 is 9.00 Å². The molecule has 0 saturated carbocycles. The van der Waals surface area contributed by atoms with Crippen LogP contribution in [0.25, 0.3) is 0 Å². The van der Waals surface area contributed by atoms with Crippen molar-refractivity contribution in [2.45, 2.75) is 6.04 Å². The van der Waals surface area contributed by atoms with Crippen LogP contribution in [0.2, 0.25) is 0 Å². The van der Waals surface area contributed by atoms with Gasteiger partial charge in [0.2, 0.25) is 5.91 Å². The van der Waals surface area contributed by atoms with Crippen LogP contribution in [0, 0.1) is 0 Å². The zero-order chi connectivity index (χ0) is 12.3. The summed E-state index contributed by atoms with van der Waals surface area (Å²) < 4.78 is 11.2. The molecule has 17 heavy (non-hydrogen) atoms. The molecule has 5 heteroatoms. The third-order valence-electron chi connectivity index (χ3n) is 2.91. The molecule has 4 nitrogen and oxygen atoms in total. The molecule has 92 valence electrons. The number of nitrogens with zero attached hydrogens (tertiary/aromatic N) is 1. The Morgan fingerprint density at radius 3 is 2.41 bits per heavy atom. The molecule has 2 rings (SSSR count). The van der Waals surface area contributed by atoms with Crippen molar-refractivity contribution in [2.24, 2.45) is 5.73 Å². The average molecular weight is 252 g/mol. The minimum absolute atomic E-state index is 0.0760. The molecule has 1 saturated heterocycles. The summed E-state index contributed by atoms with van der Waals surface area (Å²) in [7, 11) is -0.770. The monoisotopic (exact) mass is 252 g/mol. The summed E-state index contributed by atoms with van der Waals surface area (Å²) in [6.07, 6.45) is 0. The summed E-state index contributed by atoms with van der Waals surface area (Å²) in [4.78, 5) is 13.8. The first-order chi connectivity index (χ1) is 8.18. The van der Waals surface area contributed by atoms with Crippen LogP contribution >= 0.6 is 0 Å². The summed E-state index contributed by atoms with van der Waals surface area (Å²) in [5.74, 6) is 1.05. The smallest absolute Gasteiger partial charge is 0.244 e. The SMILES string of the molecule is N[C@H](C(=O)N1CCS(=O)CC1)c1ccccc1. The molecular weight excluding hydrogens is 236 g/mol. The van der Waals surface area contributed by atoms with E-state index in [-0.39, 0.29) is 5.91 Å². The van der Waals surface area contributed by atoms with Crippen LogP contribution < -0.4 is 5.73 Å². The predicted octanol–water partition coefficient (Wildman–Crippen LogP) is 0.277. The first-order valence-corrected chi connectivity index (χ1v) is 7.11. The number of benzene rings is 1. The molecule has 1 aliphatic heterocycles. The normalized spacial score (nSPS) is 19.0. The molecule has 2 N–H and O–H groups in total. The lowest BCUT2D eigenvalue weighted by Crippen LogP contribution is -2.45. The molecule has 1 amide bonds. The summed E-state index contributed by atoms with van der Waals surface area (Å²) in [6, 6.07) is 8.73. The second kappa shape index (κ2) is 5.42. The van der Waals surface area contributed by atoms with Gasteiger partial charge in [0.1, 0.15) is 6.04 Å². The Morgan fingerprint density at radius 1 is 1.24 bits per heavy atom. The van der Waals surface area contributed by atoms with Crippen molar-refractivity contribution in [3.05, 3.63) is 35.9 Å². The number of rotatable bonds is 2. The Labute approximate surface area is 103 Å². The molecule has 1 aromatic carbocycles. The fourth-order valence-corrected chi connectivity index (χ4v) is 2.91. The van der Waals surface area contributed by atoms with Gasteiger partial charge in [0, 0.05) is 35.4 Å². The highest BCUT2D eigenvalue weighted by Gasteiger charge is 2.25. The van der Waals surface area contributed by atoms with Gasteiger partial charge in [0.05, 0.1) is 0 Å². The third kappa shape index (κ3) is 2.92. The van der Waals surface area contributed by atoms with Gasteiger partial charge in [-0.1, -0.05) is 30.3 Å². The molecule has 1 fully saturated rings. The zero-order valence-corrected chi connectivity index (χ0v) is 10.4. The van der Waals surface area contributed by atoms with Crippen molar-refractivity contribution in [2.75, 3.05) is 24.6 Å². The quantitative estimate of drug-likeness (QED) is 0.822. The molecule has 0 radical (unpaired) electrons. The van der Waals surface area contributed by atoms with Crippen molar-refractivity contribution in [1.82, 2.24) is 4.90 Å². The van der Waals surface area contributed by atoms with Gasteiger partial charge in [0.15, 0.2) is 0 Å². The van der Waals surface area contributed by atoms with E-state index in [0.717, 1.165) is 5.56 Å². The topological polar surface area (TPSA) is 63.4 Å². The van der Waals surface area contributed by atoms with E-state index in [2.05, 4.69) is 0 Å². The standard InChI is InChI=1S/C12H16N2O2S/c13-11(10-4-2-1-3-5-10)12(15)14-6-8-17(16)9-7-14/h1-5,11H,6-9,13H2/t11-/m0/s1. The number of hydrogen-bond donors (Lipinski definition) is 1.